The van der Waals surface area contributed by atoms with Crippen molar-refractivity contribution in [1.29, 1.82) is 0 Å². The van der Waals surface area contributed by atoms with Crippen molar-refractivity contribution in [1.82, 2.24) is 0 Å². The molecule has 5 N–H and O–H groups in total. The van der Waals surface area contributed by atoms with Crippen LogP contribution in [0.1, 0.15) is 33.6 Å². The Balaban J connectivity index is 2.11. The van der Waals surface area contributed by atoms with Gasteiger partial charge in [0.05, 0.1) is 18.3 Å². The zero-order valence-electron chi connectivity index (χ0n) is 13.6. The smallest absolute Gasteiger partial charge is 0.186 e. The molecule has 2 rings (SSSR count). The minimum absolute atomic E-state index is 0.253. The summed E-state index contributed by atoms with van der Waals surface area (Å²) < 4.78 is 16.6. The number of hydrogen-bond acceptors (Lipinski definition) is 8. The van der Waals surface area contributed by atoms with Crippen molar-refractivity contribution in [3.63, 3.8) is 0 Å². The van der Waals surface area contributed by atoms with Gasteiger partial charge in [-0.25, -0.2) is 0 Å². The molecule has 0 saturated carbocycles. The number of hydrogen-bond donors (Lipinski definition) is 5. The third-order valence-electron chi connectivity index (χ3n) is 4.82. The van der Waals surface area contributed by atoms with E-state index >= 15 is 0 Å². The summed E-state index contributed by atoms with van der Waals surface area (Å²) in [5, 5.41) is 49.8. The van der Waals surface area contributed by atoms with Crippen LogP contribution in [0.25, 0.3) is 0 Å². The third-order valence-corrected chi connectivity index (χ3v) is 4.82. The van der Waals surface area contributed by atoms with Gasteiger partial charge in [0.15, 0.2) is 12.6 Å². The van der Waals surface area contributed by atoms with E-state index in [-0.39, 0.29) is 12.0 Å². The molecule has 0 amide bonds. The number of aliphatic hydroxyl groups is 5. The van der Waals surface area contributed by atoms with Crippen LogP contribution in [0.4, 0.5) is 0 Å². The molecule has 2 fully saturated rings. The van der Waals surface area contributed by atoms with Crippen LogP contribution in [0.5, 0.6) is 0 Å². The maximum Gasteiger partial charge on any atom is 0.186 e. The first-order chi connectivity index (χ1) is 10.8. The van der Waals surface area contributed by atoms with Crippen LogP contribution in [-0.2, 0) is 14.2 Å². The van der Waals surface area contributed by atoms with Gasteiger partial charge in [-0.1, -0.05) is 20.8 Å². The average Bonchev–Trinajstić information content (AvgIpc) is 2.55. The molecule has 8 nitrogen and oxygen atoms in total. The van der Waals surface area contributed by atoms with Gasteiger partial charge in [0.25, 0.3) is 0 Å². The minimum atomic E-state index is -1.52. The Hall–Kier alpha value is -0.320. The summed E-state index contributed by atoms with van der Waals surface area (Å²) in [5.41, 5.74) is 0. The molecule has 0 radical (unpaired) electrons. The van der Waals surface area contributed by atoms with Crippen molar-refractivity contribution in [2.45, 2.75) is 88.9 Å². The lowest BCUT2D eigenvalue weighted by atomic mass is 9.89. The summed E-state index contributed by atoms with van der Waals surface area (Å²) in [5.74, 6) is -0.253. The molecule has 5 unspecified atom stereocenters. The Morgan fingerprint density at radius 1 is 0.783 bits per heavy atom. The monoisotopic (exact) mass is 336 g/mol. The van der Waals surface area contributed by atoms with Crippen LogP contribution >= 0.6 is 0 Å². The Bertz CT molecular complexity index is 376. The second kappa shape index (κ2) is 7.71. The van der Waals surface area contributed by atoms with Crippen LogP contribution in [-0.4, -0.2) is 80.8 Å². The van der Waals surface area contributed by atoms with Gasteiger partial charge in [0.1, 0.15) is 24.4 Å². The first-order valence-electron chi connectivity index (χ1n) is 8.18. The Morgan fingerprint density at radius 3 is 1.96 bits per heavy atom. The molecule has 0 aliphatic carbocycles. The first-order valence-corrected chi connectivity index (χ1v) is 8.18. The largest absolute Gasteiger partial charge is 0.390 e. The van der Waals surface area contributed by atoms with Gasteiger partial charge in [0, 0.05) is 5.92 Å². The fraction of sp³-hybridized carbons (Fsp3) is 1.00. The van der Waals surface area contributed by atoms with Crippen molar-refractivity contribution >= 4 is 0 Å². The molecular weight excluding hydrogens is 308 g/mol. The molecule has 2 heterocycles. The van der Waals surface area contributed by atoms with Gasteiger partial charge in [0.2, 0.25) is 0 Å². The highest BCUT2D eigenvalue weighted by Gasteiger charge is 2.48. The van der Waals surface area contributed by atoms with Crippen molar-refractivity contribution in [2.75, 3.05) is 0 Å². The molecule has 2 aliphatic rings. The van der Waals surface area contributed by atoms with E-state index in [1.54, 1.807) is 13.8 Å². The van der Waals surface area contributed by atoms with Crippen LogP contribution in [0, 0.1) is 5.92 Å². The molecule has 0 spiro atoms. The summed E-state index contributed by atoms with van der Waals surface area (Å²) in [6.07, 6.45) is -8.75. The van der Waals surface area contributed by atoms with Crippen LogP contribution in [0.2, 0.25) is 0 Å². The fourth-order valence-corrected chi connectivity index (χ4v) is 3.22. The van der Waals surface area contributed by atoms with Crippen LogP contribution < -0.4 is 0 Å². The topological polar surface area (TPSA) is 129 Å². The number of rotatable bonds is 4. The normalized spacial score (nSPS) is 51.7. The van der Waals surface area contributed by atoms with E-state index in [9.17, 15) is 25.5 Å². The number of aliphatic hydroxyl groups excluding tert-OH is 5. The molecular formula is C15H28O8. The Labute approximate surface area is 135 Å². The van der Waals surface area contributed by atoms with E-state index in [0.717, 1.165) is 0 Å². The van der Waals surface area contributed by atoms with E-state index in [2.05, 4.69) is 0 Å². The highest BCUT2D eigenvalue weighted by Crippen LogP contribution is 2.32. The van der Waals surface area contributed by atoms with E-state index in [1.807, 2.05) is 6.92 Å². The van der Waals surface area contributed by atoms with Crippen LogP contribution in [0.15, 0.2) is 0 Å². The van der Waals surface area contributed by atoms with Crippen molar-refractivity contribution in [3.8, 4) is 0 Å². The quantitative estimate of drug-likeness (QED) is 0.429. The van der Waals surface area contributed by atoms with Gasteiger partial charge in [-0.2, -0.15) is 0 Å². The third kappa shape index (κ3) is 3.69. The molecule has 0 bridgehead atoms. The lowest BCUT2D eigenvalue weighted by molar-refractivity contribution is -0.347. The molecule has 2 saturated heterocycles. The second-order valence-corrected chi connectivity index (χ2v) is 6.35. The molecule has 8 heteroatoms. The summed E-state index contributed by atoms with van der Waals surface area (Å²) in [4.78, 5) is 0. The SMILES string of the molecule is CCC1O[C@@H](O[C@@H]2C(CC)OC(O)C(O)[C@H]2O)C(O)[C@@H](O)[C@@H]1C. The number of ether oxygens (including phenoxy) is 3. The predicted octanol–water partition coefficient (Wildman–Crippen LogP) is -1.29. The molecule has 0 aromatic rings. The van der Waals surface area contributed by atoms with E-state index in [4.69, 9.17) is 14.2 Å². The first kappa shape index (κ1) is 19.0. The highest BCUT2D eigenvalue weighted by molar-refractivity contribution is 4.92. The van der Waals surface area contributed by atoms with Crippen molar-refractivity contribution in [3.05, 3.63) is 0 Å². The standard InChI is InChI=1S/C15H28O8/c1-4-7-6(3)9(16)12(19)15(22-7)23-13-8(5-2)21-14(20)11(18)10(13)17/h6-20H,4-5H2,1-3H3/t6-,7?,8?,9+,10-,11?,12?,13-,14?,15+/m1/s1. The summed E-state index contributed by atoms with van der Waals surface area (Å²) in [7, 11) is 0. The van der Waals surface area contributed by atoms with E-state index in [0.29, 0.717) is 12.8 Å². The minimum Gasteiger partial charge on any atom is -0.390 e. The zero-order chi connectivity index (χ0) is 17.3. The van der Waals surface area contributed by atoms with Gasteiger partial charge in [-0.05, 0) is 12.8 Å². The summed E-state index contributed by atoms with van der Waals surface area (Å²) in [6, 6.07) is 0. The Morgan fingerprint density at radius 2 is 1.39 bits per heavy atom. The van der Waals surface area contributed by atoms with Gasteiger partial charge in [-0.15, -0.1) is 0 Å². The molecule has 10 atom stereocenters. The maximum absolute atomic E-state index is 10.2. The van der Waals surface area contributed by atoms with E-state index < -0.39 is 49.2 Å². The van der Waals surface area contributed by atoms with Gasteiger partial charge < -0.3 is 39.7 Å². The van der Waals surface area contributed by atoms with Gasteiger partial charge in [-0.3, -0.25) is 0 Å². The lowest BCUT2D eigenvalue weighted by Gasteiger charge is -2.46. The average molecular weight is 336 g/mol. The second-order valence-electron chi connectivity index (χ2n) is 6.35. The van der Waals surface area contributed by atoms with Crippen molar-refractivity contribution in [2.24, 2.45) is 5.92 Å². The Kier molecular flexibility index (Phi) is 6.37. The molecule has 2 aliphatic heterocycles. The maximum atomic E-state index is 10.2. The van der Waals surface area contributed by atoms with Crippen molar-refractivity contribution < 1.29 is 39.7 Å². The summed E-state index contributed by atoms with van der Waals surface area (Å²) >= 11 is 0. The molecule has 0 aromatic carbocycles. The fourth-order valence-electron chi connectivity index (χ4n) is 3.22. The zero-order valence-corrected chi connectivity index (χ0v) is 13.6. The molecule has 0 aromatic heterocycles. The van der Waals surface area contributed by atoms with Gasteiger partial charge >= 0.3 is 0 Å². The lowest BCUT2D eigenvalue weighted by Crippen LogP contribution is -2.62. The molecule has 23 heavy (non-hydrogen) atoms. The molecule has 136 valence electrons. The van der Waals surface area contributed by atoms with E-state index in [1.165, 1.54) is 0 Å². The predicted molar refractivity (Wildman–Crippen MR) is 78.2 cm³/mol. The summed E-state index contributed by atoms with van der Waals surface area (Å²) in [6.45, 7) is 5.46. The van der Waals surface area contributed by atoms with Crippen LogP contribution in [0.3, 0.4) is 0 Å². The highest BCUT2D eigenvalue weighted by atomic mass is 16.7.